The second-order valence-electron chi connectivity index (χ2n) is 0.648. The van der Waals surface area contributed by atoms with Gasteiger partial charge in [0, 0.05) is 0 Å². The predicted molar refractivity (Wildman–Crippen MR) is 25.8 cm³/mol. The first-order chi connectivity index (χ1) is 2.77. The van der Waals surface area contributed by atoms with E-state index in [1.54, 1.807) is 0 Å². The Morgan fingerprint density at radius 1 is 1.67 bits per heavy atom. The van der Waals surface area contributed by atoms with Crippen molar-refractivity contribution >= 4 is 23.2 Å². The third-order valence-corrected chi connectivity index (χ3v) is 0.540. The van der Waals surface area contributed by atoms with Gasteiger partial charge in [-0.25, -0.2) is 4.39 Å². The molecule has 0 unspecified atom stereocenters. The topological polar surface area (TPSA) is 0 Å². The van der Waals surface area contributed by atoms with Crippen LogP contribution in [0.25, 0.3) is 0 Å². The zero-order valence-corrected chi connectivity index (χ0v) is 4.43. The van der Waals surface area contributed by atoms with Crippen molar-refractivity contribution in [1.82, 2.24) is 0 Å². The van der Waals surface area contributed by atoms with Gasteiger partial charge in [0.2, 0.25) is 0 Å². The van der Waals surface area contributed by atoms with Crippen LogP contribution in [0.2, 0.25) is 0 Å². The molecule has 0 aromatic rings. The summed E-state index contributed by atoms with van der Waals surface area (Å²) < 4.78 is 11.0. The summed E-state index contributed by atoms with van der Waals surface area (Å²) in [6.45, 7) is -0.595. The van der Waals surface area contributed by atoms with Crippen LogP contribution in [0, 0.1) is 0 Å². The average Bonchev–Trinajstić information content (AvgIpc) is 1.35. The van der Waals surface area contributed by atoms with Gasteiger partial charge in [0.05, 0.1) is 0 Å². The largest absolute Gasteiger partial charge is 0.246 e. The van der Waals surface area contributed by atoms with Crippen LogP contribution in [0.5, 0.6) is 0 Å². The van der Waals surface area contributed by atoms with Crippen LogP contribution in [0.3, 0.4) is 0 Å². The molecular formula is C3H3Cl2F. The fraction of sp³-hybridized carbons (Fsp3) is 0.333. The Morgan fingerprint density at radius 2 is 2.17 bits per heavy atom. The van der Waals surface area contributed by atoms with Crippen molar-refractivity contribution in [2.75, 3.05) is 6.67 Å². The normalized spacial score (nSPS) is 7.83. The molecule has 0 saturated heterocycles. The molecule has 0 bridgehead atoms. The Hall–Kier alpha value is 0.250. The molecule has 0 spiro atoms. The quantitative estimate of drug-likeness (QED) is 0.509. The summed E-state index contributed by atoms with van der Waals surface area (Å²) in [4.78, 5) is 0. The van der Waals surface area contributed by atoms with E-state index < -0.39 is 6.67 Å². The maximum Gasteiger partial charge on any atom is 0.110 e. The first-order valence-electron chi connectivity index (χ1n) is 1.34. The predicted octanol–water partition coefficient (Wildman–Crippen LogP) is 2.27. The smallest absolute Gasteiger partial charge is 0.110 e. The molecule has 0 nitrogen and oxygen atoms in total. The SMILES string of the molecule is FCC=C(Cl)Cl. The van der Waals surface area contributed by atoms with Crippen LogP contribution in [-0.4, -0.2) is 6.67 Å². The molecule has 0 aliphatic heterocycles. The van der Waals surface area contributed by atoms with Crippen LogP contribution in [0.15, 0.2) is 10.6 Å². The third kappa shape index (κ3) is 4.25. The lowest BCUT2D eigenvalue weighted by atomic mass is 10.7. The number of allylic oxidation sites excluding steroid dienone is 1. The van der Waals surface area contributed by atoms with Crippen molar-refractivity contribution in [3.63, 3.8) is 0 Å². The van der Waals surface area contributed by atoms with Crippen molar-refractivity contribution in [1.29, 1.82) is 0 Å². The van der Waals surface area contributed by atoms with Gasteiger partial charge < -0.3 is 0 Å². The molecule has 0 atom stereocenters. The Kier molecular flexibility index (Phi) is 3.58. The van der Waals surface area contributed by atoms with Crippen molar-refractivity contribution in [2.24, 2.45) is 0 Å². The molecule has 0 aromatic heterocycles. The number of hydrogen-bond donors (Lipinski definition) is 0. The van der Waals surface area contributed by atoms with E-state index in [2.05, 4.69) is 0 Å². The molecule has 3 heteroatoms. The maximum atomic E-state index is 11.0. The second kappa shape index (κ2) is 3.44. The summed E-state index contributed by atoms with van der Waals surface area (Å²) in [7, 11) is 0. The van der Waals surface area contributed by atoms with Crippen molar-refractivity contribution in [3.05, 3.63) is 10.6 Å². The standard InChI is InChI=1S/C3H3Cl2F/c4-3(5)1-2-6/h1H,2H2. The number of halogens is 3. The Morgan fingerprint density at radius 3 is 2.17 bits per heavy atom. The van der Waals surface area contributed by atoms with Crippen molar-refractivity contribution in [3.8, 4) is 0 Å². The summed E-state index contributed by atoms with van der Waals surface area (Å²) in [5.74, 6) is 0. The molecular weight excluding hydrogens is 126 g/mol. The van der Waals surface area contributed by atoms with Gasteiger partial charge in [0.1, 0.15) is 11.2 Å². The molecule has 0 saturated carbocycles. The zero-order chi connectivity index (χ0) is 4.99. The Labute approximate surface area is 45.6 Å². The molecule has 0 amide bonds. The van der Waals surface area contributed by atoms with Crippen LogP contribution in [-0.2, 0) is 0 Å². The maximum absolute atomic E-state index is 11.0. The van der Waals surface area contributed by atoms with Crippen LogP contribution < -0.4 is 0 Å². The molecule has 0 radical (unpaired) electrons. The molecule has 0 aliphatic rings. The summed E-state index contributed by atoms with van der Waals surface area (Å²) in [6, 6.07) is 0. The van der Waals surface area contributed by atoms with Crippen LogP contribution >= 0.6 is 23.2 Å². The number of rotatable bonds is 1. The van der Waals surface area contributed by atoms with Crippen LogP contribution in [0.4, 0.5) is 4.39 Å². The fourth-order valence-corrected chi connectivity index (χ4v) is 0.175. The zero-order valence-electron chi connectivity index (χ0n) is 2.92. The van der Waals surface area contributed by atoms with E-state index in [0.717, 1.165) is 6.08 Å². The highest BCUT2D eigenvalue weighted by molar-refractivity contribution is 6.55. The van der Waals surface area contributed by atoms with Gasteiger partial charge >= 0.3 is 0 Å². The van der Waals surface area contributed by atoms with E-state index in [-0.39, 0.29) is 4.49 Å². The minimum Gasteiger partial charge on any atom is -0.246 e. The summed E-state index contributed by atoms with van der Waals surface area (Å²) in [6.07, 6.45) is 1.07. The molecule has 0 heterocycles. The molecule has 0 aliphatic carbocycles. The minimum atomic E-state index is -0.595. The molecule has 0 aromatic carbocycles. The van der Waals surface area contributed by atoms with Gasteiger partial charge in [-0.05, 0) is 6.08 Å². The van der Waals surface area contributed by atoms with Gasteiger partial charge in [-0.2, -0.15) is 0 Å². The average molecular weight is 129 g/mol. The first kappa shape index (κ1) is 6.25. The third-order valence-electron chi connectivity index (χ3n) is 0.231. The lowest BCUT2D eigenvalue weighted by molar-refractivity contribution is 0.562. The highest BCUT2D eigenvalue weighted by Gasteiger charge is 1.76. The minimum absolute atomic E-state index is 0.0162. The van der Waals surface area contributed by atoms with Crippen molar-refractivity contribution in [2.45, 2.75) is 0 Å². The van der Waals surface area contributed by atoms with E-state index in [4.69, 9.17) is 23.2 Å². The van der Waals surface area contributed by atoms with E-state index in [0.29, 0.717) is 0 Å². The summed E-state index contributed by atoms with van der Waals surface area (Å²) in [5.41, 5.74) is 0. The van der Waals surface area contributed by atoms with E-state index in [1.807, 2.05) is 0 Å². The molecule has 6 heavy (non-hydrogen) atoms. The summed E-state index contributed by atoms with van der Waals surface area (Å²) in [5, 5.41) is 0. The molecule has 36 valence electrons. The fourth-order valence-electron chi connectivity index (χ4n) is 0.0583. The highest BCUT2D eigenvalue weighted by Crippen LogP contribution is 2.04. The van der Waals surface area contributed by atoms with Gasteiger partial charge in [-0.3, -0.25) is 0 Å². The lowest BCUT2D eigenvalue weighted by Crippen LogP contribution is -1.58. The van der Waals surface area contributed by atoms with Gasteiger partial charge in [0.15, 0.2) is 0 Å². The monoisotopic (exact) mass is 128 g/mol. The number of hydrogen-bond acceptors (Lipinski definition) is 0. The van der Waals surface area contributed by atoms with Gasteiger partial charge in [-0.15, -0.1) is 0 Å². The second-order valence-corrected chi connectivity index (χ2v) is 1.66. The first-order valence-corrected chi connectivity index (χ1v) is 2.10. The highest BCUT2D eigenvalue weighted by atomic mass is 35.5. The van der Waals surface area contributed by atoms with E-state index in [9.17, 15) is 4.39 Å². The molecule has 0 rings (SSSR count). The lowest BCUT2D eigenvalue weighted by Gasteiger charge is -1.72. The van der Waals surface area contributed by atoms with E-state index in [1.165, 1.54) is 0 Å². The van der Waals surface area contributed by atoms with E-state index >= 15 is 0 Å². The van der Waals surface area contributed by atoms with Crippen molar-refractivity contribution < 1.29 is 4.39 Å². The summed E-state index contributed by atoms with van der Waals surface area (Å²) >= 11 is 9.93. The van der Waals surface area contributed by atoms with Gasteiger partial charge in [-0.1, -0.05) is 23.2 Å². The Balaban J connectivity index is 3.14. The van der Waals surface area contributed by atoms with Crippen LogP contribution in [0.1, 0.15) is 0 Å². The molecule has 0 fully saturated rings. The van der Waals surface area contributed by atoms with Gasteiger partial charge in [0.25, 0.3) is 0 Å². The number of alkyl halides is 1. The molecule has 0 N–H and O–H groups in total. The Bertz CT molecular complexity index is 55.8.